The summed E-state index contributed by atoms with van der Waals surface area (Å²) in [6.45, 7) is 3.09. The van der Waals surface area contributed by atoms with E-state index in [0.717, 1.165) is 0 Å². The van der Waals surface area contributed by atoms with Gasteiger partial charge in [-0.2, -0.15) is 0 Å². The van der Waals surface area contributed by atoms with E-state index in [-0.39, 0.29) is 24.1 Å². The predicted molar refractivity (Wildman–Crippen MR) is 109 cm³/mol. The SMILES string of the molecule is O=C(c1ccco1)N1CCN(C(=O)C2CC(=O)N(c3ccc4c(c3)OCCO4)C2)CC1. The largest absolute Gasteiger partial charge is 0.486 e. The van der Waals surface area contributed by atoms with E-state index in [0.29, 0.717) is 68.9 Å². The highest BCUT2D eigenvalue weighted by atomic mass is 16.6. The first kappa shape index (κ1) is 19.5. The van der Waals surface area contributed by atoms with E-state index in [4.69, 9.17) is 13.9 Å². The second kappa shape index (κ2) is 7.98. The van der Waals surface area contributed by atoms with E-state index in [9.17, 15) is 14.4 Å². The molecule has 9 heteroatoms. The highest BCUT2D eigenvalue weighted by molar-refractivity contribution is 6.00. The summed E-state index contributed by atoms with van der Waals surface area (Å²) in [6, 6.07) is 8.71. The van der Waals surface area contributed by atoms with Crippen molar-refractivity contribution in [3.8, 4) is 11.5 Å². The van der Waals surface area contributed by atoms with Crippen LogP contribution in [0.1, 0.15) is 17.0 Å². The minimum absolute atomic E-state index is 0.0431. The van der Waals surface area contributed by atoms with Crippen molar-refractivity contribution in [3.05, 3.63) is 42.4 Å². The number of amides is 3. The maximum atomic E-state index is 13.0. The van der Waals surface area contributed by atoms with Crippen molar-refractivity contribution < 1.29 is 28.3 Å². The lowest BCUT2D eigenvalue weighted by atomic mass is 10.1. The second-order valence-electron chi connectivity index (χ2n) is 7.83. The summed E-state index contributed by atoms with van der Waals surface area (Å²) >= 11 is 0. The van der Waals surface area contributed by atoms with E-state index in [1.165, 1.54) is 6.26 Å². The van der Waals surface area contributed by atoms with Crippen molar-refractivity contribution >= 4 is 23.4 Å². The molecule has 3 aliphatic rings. The van der Waals surface area contributed by atoms with Crippen molar-refractivity contribution in [3.63, 3.8) is 0 Å². The van der Waals surface area contributed by atoms with E-state index in [2.05, 4.69) is 0 Å². The highest BCUT2D eigenvalue weighted by Crippen LogP contribution is 2.36. The zero-order chi connectivity index (χ0) is 21.4. The number of furan rings is 1. The molecule has 5 rings (SSSR count). The zero-order valence-corrected chi connectivity index (χ0v) is 17.0. The fourth-order valence-corrected chi connectivity index (χ4v) is 4.27. The van der Waals surface area contributed by atoms with Crippen LogP contribution in [-0.4, -0.2) is 73.5 Å². The van der Waals surface area contributed by atoms with E-state index in [1.807, 2.05) is 6.07 Å². The molecule has 9 nitrogen and oxygen atoms in total. The summed E-state index contributed by atoms with van der Waals surface area (Å²) in [6.07, 6.45) is 1.65. The number of anilines is 1. The summed E-state index contributed by atoms with van der Waals surface area (Å²) in [7, 11) is 0. The average Bonchev–Trinajstić information content (AvgIpc) is 3.48. The number of piperazine rings is 1. The molecule has 3 amide bonds. The lowest BCUT2D eigenvalue weighted by molar-refractivity contribution is -0.137. The fourth-order valence-electron chi connectivity index (χ4n) is 4.27. The third-order valence-corrected chi connectivity index (χ3v) is 5.92. The second-order valence-corrected chi connectivity index (χ2v) is 7.83. The summed E-state index contributed by atoms with van der Waals surface area (Å²) in [5.74, 6) is 0.891. The van der Waals surface area contributed by atoms with Gasteiger partial charge in [0.1, 0.15) is 13.2 Å². The van der Waals surface area contributed by atoms with Crippen LogP contribution in [0.4, 0.5) is 5.69 Å². The molecule has 1 aromatic carbocycles. The molecule has 1 unspecified atom stereocenters. The maximum Gasteiger partial charge on any atom is 0.289 e. The molecule has 162 valence electrons. The predicted octanol–water partition coefficient (Wildman–Crippen LogP) is 1.39. The van der Waals surface area contributed by atoms with Gasteiger partial charge in [0, 0.05) is 50.9 Å². The van der Waals surface area contributed by atoms with E-state index < -0.39 is 5.92 Å². The van der Waals surface area contributed by atoms with Crippen LogP contribution in [0.3, 0.4) is 0 Å². The van der Waals surface area contributed by atoms with Gasteiger partial charge in [0.05, 0.1) is 12.2 Å². The molecule has 1 aromatic heterocycles. The van der Waals surface area contributed by atoms with Gasteiger partial charge in [-0.3, -0.25) is 14.4 Å². The molecule has 2 aromatic rings. The van der Waals surface area contributed by atoms with Gasteiger partial charge in [-0.15, -0.1) is 0 Å². The van der Waals surface area contributed by atoms with Crippen LogP contribution in [0.25, 0.3) is 0 Å². The normalized spacial score (nSPS) is 20.8. The summed E-state index contributed by atoms with van der Waals surface area (Å²) in [5.41, 5.74) is 0.707. The van der Waals surface area contributed by atoms with Gasteiger partial charge in [0.2, 0.25) is 11.8 Å². The molecule has 0 saturated carbocycles. The smallest absolute Gasteiger partial charge is 0.289 e. The highest BCUT2D eigenvalue weighted by Gasteiger charge is 2.38. The first-order chi connectivity index (χ1) is 15.1. The van der Waals surface area contributed by atoms with Gasteiger partial charge < -0.3 is 28.6 Å². The van der Waals surface area contributed by atoms with Gasteiger partial charge in [-0.1, -0.05) is 0 Å². The molecule has 1 atom stereocenters. The molecule has 4 heterocycles. The zero-order valence-electron chi connectivity index (χ0n) is 17.0. The van der Waals surface area contributed by atoms with E-state index >= 15 is 0 Å². The monoisotopic (exact) mass is 425 g/mol. The Kier molecular flexibility index (Phi) is 5.01. The lowest BCUT2D eigenvalue weighted by Crippen LogP contribution is -2.52. The van der Waals surface area contributed by atoms with Crippen molar-refractivity contribution in [1.29, 1.82) is 0 Å². The average molecular weight is 425 g/mol. The number of carbonyl (C=O) groups excluding carboxylic acids is 3. The van der Waals surface area contributed by atoms with Crippen molar-refractivity contribution in [2.75, 3.05) is 50.8 Å². The number of rotatable bonds is 3. The number of benzene rings is 1. The Labute approximate surface area is 179 Å². The minimum atomic E-state index is -0.395. The summed E-state index contributed by atoms with van der Waals surface area (Å²) in [5, 5.41) is 0. The number of carbonyl (C=O) groups is 3. The van der Waals surface area contributed by atoms with Gasteiger partial charge in [0.15, 0.2) is 17.3 Å². The quantitative estimate of drug-likeness (QED) is 0.738. The van der Waals surface area contributed by atoms with Crippen LogP contribution in [0.15, 0.2) is 41.0 Å². The molecule has 0 radical (unpaired) electrons. The Balaban J connectivity index is 1.20. The molecule has 2 saturated heterocycles. The Morgan fingerprint density at radius 1 is 0.935 bits per heavy atom. The van der Waals surface area contributed by atoms with E-state index in [1.54, 1.807) is 39.0 Å². The molecule has 2 fully saturated rings. The number of ether oxygens (including phenoxy) is 2. The van der Waals surface area contributed by atoms with Crippen LogP contribution in [0, 0.1) is 5.92 Å². The number of hydrogen-bond acceptors (Lipinski definition) is 6. The molecule has 3 aliphatic heterocycles. The first-order valence-corrected chi connectivity index (χ1v) is 10.4. The van der Waals surface area contributed by atoms with Crippen molar-refractivity contribution in [1.82, 2.24) is 9.80 Å². The summed E-state index contributed by atoms with van der Waals surface area (Å²) < 4.78 is 16.3. The van der Waals surface area contributed by atoms with Gasteiger partial charge in [-0.25, -0.2) is 0 Å². The van der Waals surface area contributed by atoms with Crippen molar-refractivity contribution in [2.24, 2.45) is 5.92 Å². The topological polar surface area (TPSA) is 92.5 Å². The van der Waals surface area contributed by atoms with Crippen molar-refractivity contribution in [2.45, 2.75) is 6.42 Å². The first-order valence-electron chi connectivity index (χ1n) is 10.4. The Morgan fingerprint density at radius 3 is 2.42 bits per heavy atom. The Morgan fingerprint density at radius 2 is 1.68 bits per heavy atom. The molecular formula is C22H23N3O6. The molecular weight excluding hydrogens is 402 g/mol. The molecule has 0 N–H and O–H groups in total. The number of nitrogens with zero attached hydrogens (tertiary/aromatic N) is 3. The van der Waals surface area contributed by atoms with Crippen LogP contribution in [0.5, 0.6) is 11.5 Å². The summed E-state index contributed by atoms with van der Waals surface area (Å²) in [4.78, 5) is 43.1. The molecule has 0 aliphatic carbocycles. The Hall–Kier alpha value is -3.49. The fraction of sp³-hybridized carbons (Fsp3) is 0.409. The van der Waals surface area contributed by atoms with Crippen LogP contribution in [-0.2, 0) is 9.59 Å². The third-order valence-electron chi connectivity index (χ3n) is 5.92. The molecule has 0 bridgehead atoms. The Bertz CT molecular complexity index is 997. The molecule has 0 spiro atoms. The lowest BCUT2D eigenvalue weighted by Gasteiger charge is -2.35. The van der Waals surface area contributed by atoms with Crippen LogP contribution < -0.4 is 14.4 Å². The maximum absolute atomic E-state index is 13.0. The number of hydrogen-bond donors (Lipinski definition) is 0. The third kappa shape index (κ3) is 3.71. The molecule has 31 heavy (non-hydrogen) atoms. The van der Waals surface area contributed by atoms with Gasteiger partial charge in [0.25, 0.3) is 5.91 Å². The number of fused-ring (bicyclic) bond motifs is 1. The van der Waals surface area contributed by atoms with Gasteiger partial charge >= 0.3 is 0 Å². The van der Waals surface area contributed by atoms with Crippen LogP contribution >= 0.6 is 0 Å². The minimum Gasteiger partial charge on any atom is -0.486 e. The van der Waals surface area contributed by atoms with Crippen LogP contribution in [0.2, 0.25) is 0 Å². The standard InChI is InChI=1S/C22H23N3O6/c26-20-12-15(14-25(20)16-3-4-17-19(13-16)31-11-10-30-17)21(27)23-5-7-24(8-6-23)22(28)18-2-1-9-29-18/h1-4,9,13,15H,5-8,10-12,14H2. The van der Waals surface area contributed by atoms with Gasteiger partial charge in [-0.05, 0) is 24.3 Å².